The highest BCUT2D eigenvalue weighted by atomic mass is 16.6. The van der Waals surface area contributed by atoms with E-state index in [0.29, 0.717) is 17.0 Å². The van der Waals surface area contributed by atoms with Crippen LogP contribution < -0.4 is 0 Å². The molecule has 0 aromatic heterocycles. The summed E-state index contributed by atoms with van der Waals surface area (Å²) >= 11 is 0. The Morgan fingerprint density at radius 3 is 2.04 bits per heavy atom. The maximum absolute atomic E-state index is 12.8. The molecule has 7 heteroatoms. The molecule has 24 heavy (non-hydrogen) atoms. The molecule has 1 aliphatic heterocycles. The van der Waals surface area contributed by atoms with Crippen molar-refractivity contribution in [2.24, 2.45) is 0 Å². The summed E-state index contributed by atoms with van der Waals surface area (Å²) in [5.41, 5.74) is 0.406. The van der Waals surface area contributed by atoms with Crippen LogP contribution in [-0.4, -0.2) is 41.3 Å². The molecule has 0 spiro atoms. The predicted molar refractivity (Wildman–Crippen MR) is 85.9 cm³/mol. The van der Waals surface area contributed by atoms with Crippen molar-refractivity contribution in [3.8, 4) is 0 Å². The van der Waals surface area contributed by atoms with E-state index in [1.165, 1.54) is 0 Å². The number of hydrazine groups is 1. The van der Waals surface area contributed by atoms with E-state index >= 15 is 0 Å². The summed E-state index contributed by atoms with van der Waals surface area (Å²) in [6.45, 7) is 7.24. The Balaban J connectivity index is 2.48. The fourth-order valence-corrected chi connectivity index (χ4v) is 2.83. The van der Waals surface area contributed by atoms with Crippen molar-refractivity contribution in [1.82, 2.24) is 10.0 Å². The number of carbonyl (C=O) groups is 3. The highest BCUT2D eigenvalue weighted by Crippen LogP contribution is 2.44. The second-order valence-electron chi connectivity index (χ2n) is 5.41. The Hall–Kier alpha value is -2.57. The van der Waals surface area contributed by atoms with E-state index in [1.807, 2.05) is 19.1 Å². The van der Waals surface area contributed by atoms with E-state index < -0.39 is 23.6 Å². The quantitative estimate of drug-likeness (QED) is 0.846. The number of carbonyl (C=O) groups excluding carboxylic acids is 3. The standard InChI is InChI=1S/C17H22N2O5/c1-5-17(13-10-8-12(4)9-11-13)14(20)18(15(21)23-6-2)19(17)16(22)24-7-3/h8-11H,5-7H2,1-4H3/t17-/m1/s1. The second kappa shape index (κ2) is 6.90. The van der Waals surface area contributed by atoms with Gasteiger partial charge in [-0.3, -0.25) is 4.79 Å². The first kappa shape index (κ1) is 17.8. The Labute approximate surface area is 141 Å². The van der Waals surface area contributed by atoms with Crippen LogP contribution in [0.4, 0.5) is 9.59 Å². The van der Waals surface area contributed by atoms with Crippen LogP contribution in [0.15, 0.2) is 24.3 Å². The molecule has 1 heterocycles. The molecule has 2 rings (SSSR count). The molecule has 1 atom stereocenters. The van der Waals surface area contributed by atoms with E-state index in [1.54, 1.807) is 32.9 Å². The molecule has 1 fully saturated rings. The maximum atomic E-state index is 12.8. The van der Waals surface area contributed by atoms with Crippen LogP contribution in [0.5, 0.6) is 0 Å². The van der Waals surface area contributed by atoms with Gasteiger partial charge < -0.3 is 9.47 Å². The number of nitrogens with zero attached hydrogens (tertiary/aromatic N) is 2. The van der Waals surface area contributed by atoms with Crippen LogP contribution in [0, 0.1) is 6.92 Å². The molecular weight excluding hydrogens is 312 g/mol. The molecule has 0 radical (unpaired) electrons. The monoisotopic (exact) mass is 334 g/mol. The molecule has 0 bridgehead atoms. The fraction of sp³-hybridized carbons (Fsp3) is 0.471. The summed E-state index contributed by atoms with van der Waals surface area (Å²) in [6, 6.07) is 7.28. The Morgan fingerprint density at radius 2 is 1.54 bits per heavy atom. The minimum atomic E-state index is -1.26. The zero-order chi connectivity index (χ0) is 17.9. The van der Waals surface area contributed by atoms with Gasteiger partial charge in [-0.1, -0.05) is 36.8 Å². The van der Waals surface area contributed by atoms with E-state index in [2.05, 4.69) is 0 Å². The van der Waals surface area contributed by atoms with Gasteiger partial charge in [0.25, 0.3) is 5.91 Å². The minimum absolute atomic E-state index is 0.100. The SMILES string of the molecule is CCOC(=O)N1C(=O)[C@@](CC)(c2ccc(C)cc2)N1C(=O)OCC. The highest BCUT2D eigenvalue weighted by molar-refractivity contribution is 6.06. The first-order valence-corrected chi connectivity index (χ1v) is 7.99. The van der Waals surface area contributed by atoms with Gasteiger partial charge in [0.1, 0.15) is 0 Å². The van der Waals surface area contributed by atoms with E-state index in [0.717, 1.165) is 10.6 Å². The van der Waals surface area contributed by atoms with Crippen LogP contribution in [0.2, 0.25) is 0 Å². The van der Waals surface area contributed by atoms with Gasteiger partial charge in [-0.15, -0.1) is 5.01 Å². The first-order valence-electron chi connectivity index (χ1n) is 7.99. The van der Waals surface area contributed by atoms with Crippen molar-refractivity contribution in [1.29, 1.82) is 0 Å². The van der Waals surface area contributed by atoms with Gasteiger partial charge in [0, 0.05) is 0 Å². The van der Waals surface area contributed by atoms with Gasteiger partial charge in [0.15, 0.2) is 5.54 Å². The molecular formula is C17H22N2O5. The number of imide groups is 1. The molecule has 0 N–H and O–H groups in total. The lowest BCUT2D eigenvalue weighted by molar-refractivity contribution is -0.203. The van der Waals surface area contributed by atoms with Crippen LogP contribution in [0.3, 0.4) is 0 Å². The molecule has 1 aromatic carbocycles. The summed E-state index contributed by atoms with van der Waals surface area (Å²) in [4.78, 5) is 37.3. The molecule has 1 saturated heterocycles. The van der Waals surface area contributed by atoms with E-state index in [-0.39, 0.29) is 13.2 Å². The van der Waals surface area contributed by atoms with Crippen molar-refractivity contribution >= 4 is 18.1 Å². The molecule has 0 saturated carbocycles. The van der Waals surface area contributed by atoms with Crippen molar-refractivity contribution in [3.63, 3.8) is 0 Å². The summed E-state index contributed by atoms with van der Waals surface area (Å²) in [5, 5.41) is 1.77. The summed E-state index contributed by atoms with van der Waals surface area (Å²) in [6.07, 6.45) is -1.33. The first-order chi connectivity index (χ1) is 11.4. The van der Waals surface area contributed by atoms with Crippen molar-refractivity contribution in [3.05, 3.63) is 35.4 Å². The number of ether oxygens (including phenoxy) is 2. The third-order valence-electron chi connectivity index (χ3n) is 4.03. The lowest BCUT2D eigenvalue weighted by Gasteiger charge is -2.54. The average Bonchev–Trinajstić information content (AvgIpc) is 2.55. The number of aryl methyl sites for hydroxylation is 1. The highest BCUT2D eigenvalue weighted by Gasteiger charge is 2.65. The van der Waals surface area contributed by atoms with Gasteiger partial charge >= 0.3 is 12.2 Å². The van der Waals surface area contributed by atoms with E-state index in [4.69, 9.17) is 9.47 Å². The van der Waals surface area contributed by atoms with Crippen molar-refractivity contribution in [2.45, 2.75) is 39.7 Å². The van der Waals surface area contributed by atoms with Gasteiger partial charge in [-0.05, 0) is 32.8 Å². The molecule has 1 aromatic rings. The summed E-state index contributed by atoms with van der Waals surface area (Å²) in [7, 11) is 0. The van der Waals surface area contributed by atoms with Gasteiger partial charge in [0.05, 0.1) is 13.2 Å². The lowest BCUT2D eigenvalue weighted by Crippen LogP contribution is -2.77. The maximum Gasteiger partial charge on any atom is 0.436 e. The minimum Gasteiger partial charge on any atom is -0.448 e. The fourth-order valence-electron chi connectivity index (χ4n) is 2.83. The molecule has 130 valence electrons. The molecule has 3 amide bonds. The number of amides is 3. The lowest BCUT2D eigenvalue weighted by atomic mass is 9.81. The van der Waals surface area contributed by atoms with Gasteiger partial charge in [0.2, 0.25) is 0 Å². The largest absolute Gasteiger partial charge is 0.448 e. The van der Waals surface area contributed by atoms with Crippen molar-refractivity contribution < 1.29 is 23.9 Å². The van der Waals surface area contributed by atoms with Crippen LogP contribution in [-0.2, 0) is 19.8 Å². The Bertz CT molecular complexity index is 643. The summed E-state index contributed by atoms with van der Waals surface area (Å²) in [5.74, 6) is -0.500. The summed E-state index contributed by atoms with van der Waals surface area (Å²) < 4.78 is 9.92. The van der Waals surface area contributed by atoms with Crippen LogP contribution in [0.1, 0.15) is 38.3 Å². The normalized spacial score (nSPS) is 19.8. The van der Waals surface area contributed by atoms with Crippen LogP contribution >= 0.6 is 0 Å². The van der Waals surface area contributed by atoms with E-state index in [9.17, 15) is 14.4 Å². The molecule has 0 aliphatic carbocycles. The Kier molecular flexibility index (Phi) is 5.11. The second-order valence-corrected chi connectivity index (χ2v) is 5.41. The topological polar surface area (TPSA) is 76.2 Å². The number of hydrogen-bond acceptors (Lipinski definition) is 5. The third kappa shape index (κ3) is 2.60. The molecule has 1 aliphatic rings. The average molecular weight is 334 g/mol. The van der Waals surface area contributed by atoms with Crippen molar-refractivity contribution in [2.75, 3.05) is 13.2 Å². The zero-order valence-corrected chi connectivity index (χ0v) is 14.4. The predicted octanol–water partition coefficient (Wildman–Crippen LogP) is 2.97. The Morgan fingerprint density at radius 1 is 1.00 bits per heavy atom. The molecule has 7 nitrogen and oxygen atoms in total. The third-order valence-corrected chi connectivity index (χ3v) is 4.03. The smallest absolute Gasteiger partial charge is 0.436 e. The van der Waals surface area contributed by atoms with Gasteiger partial charge in [-0.25, -0.2) is 9.59 Å². The number of rotatable bonds is 4. The van der Waals surface area contributed by atoms with Crippen LogP contribution in [0.25, 0.3) is 0 Å². The zero-order valence-electron chi connectivity index (χ0n) is 14.4. The van der Waals surface area contributed by atoms with Gasteiger partial charge in [-0.2, -0.15) is 5.01 Å². The molecule has 0 unspecified atom stereocenters. The number of hydrogen-bond donors (Lipinski definition) is 0. The number of benzene rings is 1.